The second-order valence-electron chi connectivity index (χ2n) is 5.00. The van der Waals surface area contributed by atoms with Gasteiger partial charge in [-0.2, -0.15) is 0 Å². The van der Waals surface area contributed by atoms with E-state index >= 15 is 0 Å². The van der Waals surface area contributed by atoms with Crippen molar-refractivity contribution in [3.05, 3.63) is 28.7 Å². The topological polar surface area (TPSA) is 41.1 Å². The molecule has 2 rings (SSSR count). The number of nitrogens with one attached hydrogen (secondary N) is 2. The first kappa shape index (κ1) is 15.9. The smallest absolute Gasteiger partial charge is 0.220 e. The highest BCUT2D eigenvalue weighted by molar-refractivity contribution is 9.10. The maximum atomic E-state index is 11.7. The fraction of sp³-hybridized carbons (Fsp3) is 0.533. The normalized spacial score (nSPS) is 18.1. The molecular weight excluding hydrogens is 336 g/mol. The standard InChI is InChI=1S/C15H21BrN2OS/c16-12-5-7-14(8-6-12)20-10-2-4-15(19)18-11-13-3-1-9-17-13/h5-8,13,17H,1-4,9-11H2,(H,18,19). The van der Waals surface area contributed by atoms with Crippen LogP contribution in [0.2, 0.25) is 0 Å². The minimum atomic E-state index is 0.176. The van der Waals surface area contributed by atoms with Crippen molar-refractivity contribution < 1.29 is 4.79 Å². The predicted molar refractivity (Wildman–Crippen MR) is 88.1 cm³/mol. The zero-order valence-corrected chi connectivity index (χ0v) is 13.9. The molecule has 1 aliphatic rings. The van der Waals surface area contributed by atoms with Crippen molar-refractivity contribution in [3.8, 4) is 0 Å². The van der Waals surface area contributed by atoms with Crippen LogP contribution in [0.1, 0.15) is 25.7 Å². The molecule has 1 aromatic carbocycles. The number of halogens is 1. The molecule has 0 aromatic heterocycles. The molecular formula is C15H21BrN2OS. The Morgan fingerprint density at radius 3 is 2.90 bits per heavy atom. The molecule has 1 aromatic rings. The molecule has 0 saturated carbocycles. The van der Waals surface area contributed by atoms with Crippen LogP contribution in [0.5, 0.6) is 0 Å². The van der Waals surface area contributed by atoms with Crippen LogP contribution < -0.4 is 10.6 Å². The number of hydrogen-bond acceptors (Lipinski definition) is 3. The van der Waals surface area contributed by atoms with Gasteiger partial charge in [-0.1, -0.05) is 15.9 Å². The van der Waals surface area contributed by atoms with E-state index in [-0.39, 0.29) is 5.91 Å². The first-order valence-electron chi connectivity index (χ1n) is 7.12. The van der Waals surface area contributed by atoms with E-state index in [9.17, 15) is 4.79 Å². The maximum absolute atomic E-state index is 11.7. The summed E-state index contributed by atoms with van der Waals surface area (Å²) in [4.78, 5) is 13.0. The lowest BCUT2D eigenvalue weighted by molar-refractivity contribution is -0.121. The van der Waals surface area contributed by atoms with Crippen molar-refractivity contribution >= 4 is 33.6 Å². The molecule has 0 spiro atoms. The quantitative estimate of drug-likeness (QED) is 0.582. The van der Waals surface area contributed by atoms with Gasteiger partial charge in [0.25, 0.3) is 0 Å². The van der Waals surface area contributed by atoms with Crippen LogP contribution in [-0.4, -0.2) is 30.8 Å². The molecule has 0 aliphatic carbocycles. The molecule has 110 valence electrons. The van der Waals surface area contributed by atoms with Gasteiger partial charge >= 0.3 is 0 Å². The summed E-state index contributed by atoms with van der Waals surface area (Å²) in [6.07, 6.45) is 3.95. The monoisotopic (exact) mass is 356 g/mol. The number of carbonyl (C=O) groups is 1. The van der Waals surface area contributed by atoms with Gasteiger partial charge in [0.2, 0.25) is 5.91 Å². The van der Waals surface area contributed by atoms with Gasteiger partial charge in [0, 0.05) is 28.4 Å². The lowest BCUT2D eigenvalue weighted by Gasteiger charge is -2.11. The molecule has 1 saturated heterocycles. The fourth-order valence-electron chi connectivity index (χ4n) is 2.21. The third-order valence-corrected chi connectivity index (χ3v) is 4.97. The number of benzene rings is 1. The van der Waals surface area contributed by atoms with Crippen molar-refractivity contribution in [1.29, 1.82) is 0 Å². The van der Waals surface area contributed by atoms with Gasteiger partial charge < -0.3 is 10.6 Å². The van der Waals surface area contributed by atoms with Crippen molar-refractivity contribution in [2.45, 2.75) is 36.6 Å². The van der Waals surface area contributed by atoms with Crippen LogP contribution in [0, 0.1) is 0 Å². The average molecular weight is 357 g/mol. The van der Waals surface area contributed by atoms with Crippen molar-refractivity contribution in [3.63, 3.8) is 0 Å². The molecule has 2 N–H and O–H groups in total. The molecule has 1 fully saturated rings. The van der Waals surface area contributed by atoms with Crippen molar-refractivity contribution in [1.82, 2.24) is 10.6 Å². The Kier molecular flexibility index (Phi) is 6.90. The SMILES string of the molecule is O=C(CCCSc1ccc(Br)cc1)NCC1CCCN1. The van der Waals surface area contributed by atoms with Crippen LogP contribution in [-0.2, 0) is 4.79 Å². The Balaban J connectivity index is 1.53. The maximum Gasteiger partial charge on any atom is 0.220 e. The van der Waals surface area contributed by atoms with Crippen LogP contribution >= 0.6 is 27.7 Å². The van der Waals surface area contributed by atoms with Crippen LogP contribution in [0.4, 0.5) is 0 Å². The lowest BCUT2D eigenvalue weighted by atomic mass is 10.2. The molecule has 1 unspecified atom stereocenters. The summed E-state index contributed by atoms with van der Waals surface area (Å²) >= 11 is 5.23. The third kappa shape index (κ3) is 5.85. The molecule has 5 heteroatoms. The zero-order valence-electron chi connectivity index (χ0n) is 11.5. The summed E-state index contributed by atoms with van der Waals surface area (Å²) < 4.78 is 1.10. The van der Waals surface area contributed by atoms with E-state index < -0.39 is 0 Å². The molecule has 3 nitrogen and oxygen atoms in total. The molecule has 1 amide bonds. The lowest BCUT2D eigenvalue weighted by Crippen LogP contribution is -2.37. The highest BCUT2D eigenvalue weighted by Crippen LogP contribution is 2.21. The van der Waals surface area contributed by atoms with E-state index in [4.69, 9.17) is 0 Å². The Labute approximate surface area is 133 Å². The first-order chi connectivity index (χ1) is 9.74. The summed E-state index contributed by atoms with van der Waals surface area (Å²) in [6.45, 7) is 1.86. The van der Waals surface area contributed by atoms with Gasteiger partial charge in [-0.05, 0) is 55.8 Å². The van der Waals surface area contributed by atoms with Crippen molar-refractivity contribution in [2.24, 2.45) is 0 Å². The minimum Gasteiger partial charge on any atom is -0.355 e. The average Bonchev–Trinajstić information content (AvgIpc) is 2.96. The van der Waals surface area contributed by atoms with E-state index in [2.05, 4.69) is 38.7 Å². The van der Waals surface area contributed by atoms with Crippen LogP contribution in [0.15, 0.2) is 33.6 Å². The molecule has 1 atom stereocenters. The van der Waals surface area contributed by atoms with Gasteiger partial charge in [0.1, 0.15) is 0 Å². The number of rotatable bonds is 7. The minimum absolute atomic E-state index is 0.176. The van der Waals surface area contributed by atoms with E-state index in [0.29, 0.717) is 12.5 Å². The summed E-state index contributed by atoms with van der Waals surface area (Å²) in [7, 11) is 0. The highest BCUT2D eigenvalue weighted by Gasteiger charge is 2.14. The Bertz CT molecular complexity index is 418. The van der Waals surface area contributed by atoms with E-state index in [0.717, 1.165) is 29.7 Å². The highest BCUT2D eigenvalue weighted by atomic mass is 79.9. The summed E-state index contributed by atoms with van der Waals surface area (Å²) in [5, 5.41) is 6.40. The second-order valence-corrected chi connectivity index (χ2v) is 7.09. The summed E-state index contributed by atoms with van der Waals surface area (Å²) in [5.41, 5.74) is 0. The van der Waals surface area contributed by atoms with Gasteiger partial charge in [-0.3, -0.25) is 4.79 Å². The third-order valence-electron chi connectivity index (χ3n) is 3.34. The molecule has 20 heavy (non-hydrogen) atoms. The van der Waals surface area contributed by atoms with E-state index in [1.54, 1.807) is 11.8 Å². The number of carbonyl (C=O) groups excluding carboxylic acids is 1. The largest absolute Gasteiger partial charge is 0.355 e. The van der Waals surface area contributed by atoms with Crippen LogP contribution in [0.25, 0.3) is 0 Å². The molecule has 0 bridgehead atoms. The number of hydrogen-bond donors (Lipinski definition) is 2. The van der Waals surface area contributed by atoms with Gasteiger partial charge in [-0.25, -0.2) is 0 Å². The molecule has 1 heterocycles. The first-order valence-corrected chi connectivity index (χ1v) is 8.90. The summed E-state index contributed by atoms with van der Waals surface area (Å²) in [6, 6.07) is 8.77. The van der Waals surface area contributed by atoms with E-state index in [1.807, 2.05) is 12.1 Å². The second kappa shape index (κ2) is 8.70. The van der Waals surface area contributed by atoms with Crippen LogP contribution in [0.3, 0.4) is 0 Å². The Morgan fingerprint density at radius 1 is 1.40 bits per heavy atom. The van der Waals surface area contributed by atoms with Gasteiger partial charge in [0.05, 0.1) is 0 Å². The Hall–Kier alpha value is -0.520. The van der Waals surface area contributed by atoms with Gasteiger partial charge in [0.15, 0.2) is 0 Å². The predicted octanol–water partition coefficient (Wildman–Crippen LogP) is 3.19. The summed E-state index contributed by atoms with van der Waals surface area (Å²) in [5.74, 6) is 1.16. The zero-order chi connectivity index (χ0) is 14.2. The number of amides is 1. The Morgan fingerprint density at radius 2 is 2.20 bits per heavy atom. The molecule has 0 radical (unpaired) electrons. The number of thioether (sulfide) groups is 1. The fourth-order valence-corrected chi connectivity index (χ4v) is 3.33. The van der Waals surface area contributed by atoms with E-state index in [1.165, 1.54) is 17.7 Å². The molecule has 1 aliphatic heterocycles. The van der Waals surface area contributed by atoms with Gasteiger partial charge in [-0.15, -0.1) is 11.8 Å². The van der Waals surface area contributed by atoms with Crippen molar-refractivity contribution in [2.75, 3.05) is 18.8 Å².